The average molecular weight is 424 g/mol. The van der Waals surface area contributed by atoms with Gasteiger partial charge < -0.3 is 5.11 Å². The number of rotatable bonds is 3. The second kappa shape index (κ2) is 8.12. The normalized spacial score (nSPS) is 19.8. The smallest absolute Gasteiger partial charge is 0.300 e. The molecule has 1 atom stereocenters. The summed E-state index contributed by atoms with van der Waals surface area (Å²) in [6.07, 6.45) is 4.31. The first-order chi connectivity index (χ1) is 15.6. The highest BCUT2D eigenvalue weighted by atomic mass is 16.3. The third-order valence-electron chi connectivity index (χ3n) is 6.56. The average Bonchev–Trinajstić information content (AvgIpc) is 3.09. The molecule has 0 saturated carbocycles. The number of aliphatic hydroxyl groups is 1. The van der Waals surface area contributed by atoms with Crippen molar-refractivity contribution < 1.29 is 14.7 Å². The third-order valence-corrected chi connectivity index (χ3v) is 6.56. The molecule has 5 rings (SSSR count). The zero-order valence-electron chi connectivity index (χ0n) is 18.0. The Labute approximate surface area is 187 Å². The SMILES string of the molecule is Cc1ccccc1N1C(=O)C(=O)/C(=C(\O)c2ccc3c(c2)CCCC3)C1c1ccccc1. The zero-order chi connectivity index (χ0) is 22.2. The number of hydrogen-bond acceptors (Lipinski definition) is 3. The first-order valence-electron chi connectivity index (χ1n) is 11.1. The Morgan fingerprint density at radius 3 is 2.31 bits per heavy atom. The highest BCUT2D eigenvalue weighted by molar-refractivity contribution is 6.51. The minimum atomic E-state index is -0.687. The number of ketones is 1. The van der Waals surface area contributed by atoms with E-state index in [-0.39, 0.29) is 11.3 Å². The second-order valence-corrected chi connectivity index (χ2v) is 8.56. The molecule has 160 valence electrons. The van der Waals surface area contributed by atoms with Gasteiger partial charge in [-0.25, -0.2) is 0 Å². The fourth-order valence-corrected chi connectivity index (χ4v) is 4.90. The summed E-state index contributed by atoms with van der Waals surface area (Å²) in [6, 6.07) is 22.2. The largest absolute Gasteiger partial charge is 0.507 e. The van der Waals surface area contributed by atoms with Gasteiger partial charge in [-0.15, -0.1) is 0 Å². The number of para-hydroxylation sites is 1. The van der Waals surface area contributed by atoms with Gasteiger partial charge in [-0.2, -0.15) is 0 Å². The predicted octanol–water partition coefficient (Wildman–Crippen LogP) is 5.50. The van der Waals surface area contributed by atoms with E-state index in [0.717, 1.165) is 30.4 Å². The van der Waals surface area contributed by atoms with Crippen molar-refractivity contribution >= 4 is 23.1 Å². The van der Waals surface area contributed by atoms with Crippen LogP contribution in [-0.4, -0.2) is 16.8 Å². The molecule has 32 heavy (non-hydrogen) atoms. The molecule has 3 aromatic carbocycles. The number of carbonyl (C=O) groups is 2. The molecule has 1 heterocycles. The number of hydrogen-bond donors (Lipinski definition) is 1. The van der Waals surface area contributed by atoms with Crippen LogP contribution in [0.1, 0.15) is 46.7 Å². The van der Waals surface area contributed by atoms with Crippen LogP contribution in [-0.2, 0) is 22.4 Å². The fraction of sp³-hybridized carbons (Fsp3) is 0.214. The van der Waals surface area contributed by atoms with Crippen molar-refractivity contribution in [1.82, 2.24) is 0 Å². The molecule has 1 fully saturated rings. The van der Waals surface area contributed by atoms with Gasteiger partial charge in [0, 0.05) is 11.3 Å². The van der Waals surface area contributed by atoms with Crippen LogP contribution in [0, 0.1) is 6.92 Å². The summed E-state index contributed by atoms with van der Waals surface area (Å²) in [5.74, 6) is -1.38. The van der Waals surface area contributed by atoms with E-state index in [0.29, 0.717) is 11.3 Å². The standard InChI is InChI=1S/C28H25NO3/c1-18-9-5-8-14-23(18)29-25(20-11-3-2-4-12-20)24(27(31)28(29)32)26(30)22-16-15-19-10-6-7-13-21(19)17-22/h2-5,8-9,11-12,14-17,25,30H,6-7,10,13H2,1H3/b26-24-. The summed E-state index contributed by atoms with van der Waals surface area (Å²) < 4.78 is 0. The van der Waals surface area contributed by atoms with E-state index in [1.165, 1.54) is 22.4 Å². The molecule has 0 aromatic heterocycles. The van der Waals surface area contributed by atoms with Gasteiger partial charge in [0.2, 0.25) is 0 Å². The number of benzene rings is 3. The summed E-state index contributed by atoms with van der Waals surface area (Å²) in [5, 5.41) is 11.4. The van der Waals surface area contributed by atoms with Crippen LogP contribution in [0.4, 0.5) is 5.69 Å². The zero-order valence-corrected chi connectivity index (χ0v) is 18.0. The third kappa shape index (κ3) is 3.32. The van der Waals surface area contributed by atoms with Crippen molar-refractivity contribution in [2.75, 3.05) is 4.90 Å². The van der Waals surface area contributed by atoms with Gasteiger partial charge in [0.25, 0.3) is 11.7 Å². The van der Waals surface area contributed by atoms with Crippen LogP contribution in [0.25, 0.3) is 5.76 Å². The van der Waals surface area contributed by atoms with E-state index >= 15 is 0 Å². The molecule has 4 heteroatoms. The molecular formula is C28H25NO3. The minimum Gasteiger partial charge on any atom is -0.507 e. The van der Waals surface area contributed by atoms with E-state index in [2.05, 4.69) is 0 Å². The Morgan fingerprint density at radius 1 is 0.875 bits per heavy atom. The van der Waals surface area contributed by atoms with Crippen LogP contribution in [0.2, 0.25) is 0 Å². The van der Waals surface area contributed by atoms with Crippen molar-refractivity contribution in [3.63, 3.8) is 0 Å². The minimum absolute atomic E-state index is 0.110. The van der Waals surface area contributed by atoms with Crippen LogP contribution < -0.4 is 4.90 Å². The molecule has 1 amide bonds. The van der Waals surface area contributed by atoms with E-state index in [1.54, 1.807) is 0 Å². The van der Waals surface area contributed by atoms with Crippen molar-refractivity contribution in [3.8, 4) is 0 Å². The number of nitrogens with zero attached hydrogens (tertiary/aromatic N) is 1. The Morgan fingerprint density at radius 2 is 1.56 bits per heavy atom. The molecule has 1 unspecified atom stereocenters. The van der Waals surface area contributed by atoms with E-state index in [9.17, 15) is 14.7 Å². The molecule has 1 saturated heterocycles. The van der Waals surface area contributed by atoms with Crippen LogP contribution >= 0.6 is 0 Å². The fourth-order valence-electron chi connectivity index (χ4n) is 4.90. The van der Waals surface area contributed by atoms with Gasteiger partial charge >= 0.3 is 0 Å². The topological polar surface area (TPSA) is 57.6 Å². The maximum atomic E-state index is 13.3. The van der Waals surface area contributed by atoms with Crippen molar-refractivity contribution in [1.29, 1.82) is 0 Å². The van der Waals surface area contributed by atoms with Crippen LogP contribution in [0.15, 0.2) is 78.4 Å². The number of amides is 1. The second-order valence-electron chi connectivity index (χ2n) is 8.56. The van der Waals surface area contributed by atoms with E-state index < -0.39 is 17.7 Å². The van der Waals surface area contributed by atoms with E-state index in [1.807, 2.05) is 79.7 Å². The van der Waals surface area contributed by atoms with Gasteiger partial charge in [0.15, 0.2) is 0 Å². The summed E-state index contributed by atoms with van der Waals surface area (Å²) in [4.78, 5) is 28.1. The van der Waals surface area contributed by atoms with Crippen LogP contribution in [0.3, 0.4) is 0 Å². The molecule has 0 radical (unpaired) electrons. The Kier molecular flexibility index (Phi) is 5.14. The molecule has 0 spiro atoms. The first kappa shape index (κ1) is 20.3. The lowest BCUT2D eigenvalue weighted by atomic mass is 9.88. The highest BCUT2D eigenvalue weighted by Gasteiger charge is 2.47. The molecule has 3 aromatic rings. The molecule has 1 N–H and O–H groups in total. The molecular weight excluding hydrogens is 398 g/mol. The van der Waals surface area contributed by atoms with Crippen molar-refractivity contribution in [3.05, 3.63) is 106 Å². The number of anilines is 1. The summed E-state index contributed by atoms with van der Waals surface area (Å²) in [7, 11) is 0. The summed E-state index contributed by atoms with van der Waals surface area (Å²) >= 11 is 0. The van der Waals surface area contributed by atoms with E-state index in [4.69, 9.17) is 0 Å². The van der Waals surface area contributed by atoms with Gasteiger partial charge in [-0.1, -0.05) is 60.7 Å². The predicted molar refractivity (Wildman–Crippen MR) is 125 cm³/mol. The molecule has 1 aliphatic carbocycles. The molecule has 1 aliphatic heterocycles. The number of aryl methyl sites for hydroxylation is 3. The van der Waals surface area contributed by atoms with Crippen molar-refractivity contribution in [2.24, 2.45) is 0 Å². The number of Topliss-reactive ketones (excluding diaryl/α,β-unsaturated/α-hetero) is 1. The molecule has 0 bridgehead atoms. The monoisotopic (exact) mass is 423 g/mol. The summed E-state index contributed by atoms with van der Waals surface area (Å²) in [6.45, 7) is 1.92. The maximum absolute atomic E-state index is 13.3. The van der Waals surface area contributed by atoms with Crippen molar-refractivity contribution in [2.45, 2.75) is 38.6 Å². The molecule has 4 nitrogen and oxygen atoms in total. The molecule has 2 aliphatic rings. The van der Waals surface area contributed by atoms with Gasteiger partial charge in [-0.05, 0) is 67.0 Å². The quantitative estimate of drug-likeness (QED) is 0.344. The van der Waals surface area contributed by atoms with Gasteiger partial charge in [0.1, 0.15) is 5.76 Å². The summed E-state index contributed by atoms with van der Waals surface area (Å²) in [5.41, 5.74) is 5.60. The number of aliphatic hydroxyl groups excluding tert-OH is 1. The number of fused-ring (bicyclic) bond motifs is 1. The Bertz CT molecular complexity index is 1240. The lowest BCUT2D eigenvalue weighted by Gasteiger charge is -2.26. The Balaban J connectivity index is 1.70. The van der Waals surface area contributed by atoms with Gasteiger partial charge in [-0.3, -0.25) is 14.5 Å². The maximum Gasteiger partial charge on any atom is 0.300 e. The lowest BCUT2D eigenvalue weighted by Crippen LogP contribution is -2.30. The first-order valence-corrected chi connectivity index (χ1v) is 11.1. The Hall–Kier alpha value is -3.66. The van der Waals surface area contributed by atoms with Gasteiger partial charge in [0.05, 0.1) is 11.6 Å². The van der Waals surface area contributed by atoms with Crippen LogP contribution in [0.5, 0.6) is 0 Å². The number of carbonyl (C=O) groups excluding carboxylic acids is 2. The lowest BCUT2D eigenvalue weighted by molar-refractivity contribution is -0.132. The highest BCUT2D eigenvalue weighted by Crippen LogP contribution is 2.43.